The van der Waals surface area contributed by atoms with Gasteiger partial charge in [0.15, 0.2) is 0 Å². The monoisotopic (exact) mass is 330 g/mol. The highest BCUT2D eigenvalue weighted by molar-refractivity contribution is 6.07. The number of fused-ring (bicyclic) bond motifs is 2. The third kappa shape index (κ3) is 2.08. The standard InChI is InChI=1S/C22H22N2O/c1-15-20(17-9-3-4-10-18(17)23-15)22(12-13-22)21(25)24-14-6-8-16-7-2-5-11-19(16)24/h2-5,7,9-11,23H,6,8,12-14H2,1H3. The molecule has 3 nitrogen and oxygen atoms in total. The first-order chi connectivity index (χ1) is 12.2. The van der Waals surface area contributed by atoms with E-state index in [9.17, 15) is 4.79 Å². The van der Waals surface area contributed by atoms with Crippen molar-refractivity contribution in [3.05, 3.63) is 65.4 Å². The van der Waals surface area contributed by atoms with Crippen LogP contribution in [0.25, 0.3) is 10.9 Å². The summed E-state index contributed by atoms with van der Waals surface area (Å²) in [5.74, 6) is 0.285. The molecule has 0 bridgehead atoms. The second-order valence-corrected chi connectivity index (χ2v) is 7.44. The number of aromatic amines is 1. The van der Waals surface area contributed by atoms with Crippen LogP contribution < -0.4 is 4.90 Å². The maximum absolute atomic E-state index is 13.7. The van der Waals surface area contributed by atoms with E-state index < -0.39 is 0 Å². The van der Waals surface area contributed by atoms with Crippen LogP contribution in [0.3, 0.4) is 0 Å². The average molecular weight is 330 g/mol. The lowest BCUT2D eigenvalue weighted by Gasteiger charge is -2.32. The molecule has 0 atom stereocenters. The second-order valence-electron chi connectivity index (χ2n) is 7.44. The van der Waals surface area contributed by atoms with E-state index >= 15 is 0 Å². The molecule has 1 aromatic heterocycles. The Morgan fingerprint density at radius 1 is 1.08 bits per heavy atom. The summed E-state index contributed by atoms with van der Waals surface area (Å²) in [5.41, 5.74) is 5.56. The summed E-state index contributed by atoms with van der Waals surface area (Å²) in [4.78, 5) is 19.2. The minimum absolute atomic E-state index is 0.285. The van der Waals surface area contributed by atoms with Gasteiger partial charge in [0.1, 0.15) is 0 Å². The number of carbonyl (C=O) groups is 1. The Balaban J connectivity index is 1.61. The minimum Gasteiger partial charge on any atom is -0.358 e. The Bertz CT molecular complexity index is 981. The molecule has 0 saturated heterocycles. The van der Waals surface area contributed by atoms with Crippen molar-refractivity contribution in [2.24, 2.45) is 0 Å². The summed E-state index contributed by atoms with van der Waals surface area (Å²) in [6.07, 6.45) is 4.02. The van der Waals surface area contributed by atoms with Crippen molar-refractivity contribution in [1.29, 1.82) is 0 Å². The fraction of sp³-hybridized carbons (Fsp3) is 0.318. The number of rotatable bonds is 2. The van der Waals surface area contributed by atoms with Gasteiger partial charge in [-0.15, -0.1) is 0 Å². The van der Waals surface area contributed by atoms with E-state index in [1.165, 1.54) is 16.5 Å². The fourth-order valence-electron chi connectivity index (χ4n) is 4.59. The molecule has 0 spiro atoms. The summed E-state index contributed by atoms with van der Waals surface area (Å²) in [5, 5.41) is 1.20. The molecule has 1 amide bonds. The van der Waals surface area contributed by atoms with Crippen LogP contribution in [-0.2, 0) is 16.6 Å². The van der Waals surface area contributed by atoms with Crippen LogP contribution in [0.4, 0.5) is 5.69 Å². The maximum Gasteiger partial charge on any atom is 0.237 e. The molecule has 2 aromatic carbocycles. The van der Waals surface area contributed by atoms with Gasteiger partial charge in [0.2, 0.25) is 5.91 Å². The van der Waals surface area contributed by atoms with Crippen LogP contribution in [0.2, 0.25) is 0 Å². The topological polar surface area (TPSA) is 36.1 Å². The van der Waals surface area contributed by atoms with Gasteiger partial charge in [0.05, 0.1) is 5.41 Å². The Morgan fingerprint density at radius 3 is 2.68 bits per heavy atom. The number of hydrogen-bond donors (Lipinski definition) is 1. The molecular weight excluding hydrogens is 308 g/mol. The predicted molar refractivity (Wildman–Crippen MR) is 101 cm³/mol. The molecule has 0 radical (unpaired) electrons. The average Bonchev–Trinajstić information content (AvgIpc) is 3.37. The van der Waals surface area contributed by atoms with E-state index in [0.717, 1.165) is 49.1 Å². The molecule has 1 aliphatic carbocycles. The Morgan fingerprint density at radius 2 is 1.84 bits per heavy atom. The normalized spacial score (nSPS) is 18.2. The quantitative estimate of drug-likeness (QED) is 0.738. The summed E-state index contributed by atoms with van der Waals surface area (Å²) < 4.78 is 0. The molecule has 1 aliphatic heterocycles. The smallest absolute Gasteiger partial charge is 0.237 e. The van der Waals surface area contributed by atoms with Crippen LogP contribution in [0.1, 0.15) is 36.1 Å². The molecule has 1 saturated carbocycles. The molecule has 25 heavy (non-hydrogen) atoms. The second kappa shape index (κ2) is 5.22. The van der Waals surface area contributed by atoms with Crippen LogP contribution in [0.5, 0.6) is 0 Å². The summed E-state index contributed by atoms with van der Waals surface area (Å²) >= 11 is 0. The predicted octanol–water partition coefficient (Wildman–Crippen LogP) is 4.49. The molecule has 0 unspecified atom stereocenters. The lowest BCUT2D eigenvalue weighted by molar-refractivity contribution is -0.121. The van der Waals surface area contributed by atoms with Crippen molar-refractivity contribution in [3.8, 4) is 0 Å². The van der Waals surface area contributed by atoms with Crippen molar-refractivity contribution in [3.63, 3.8) is 0 Å². The van der Waals surface area contributed by atoms with E-state index in [4.69, 9.17) is 0 Å². The molecule has 1 N–H and O–H groups in total. The maximum atomic E-state index is 13.7. The largest absolute Gasteiger partial charge is 0.358 e. The Labute approximate surface area is 147 Å². The van der Waals surface area contributed by atoms with Crippen LogP contribution >= 0.6 is 0 Å². The molecule has 5 rings (SSSR count). The first-order valence-corrected chi connectivity index (χ1v) is 9.18. The van der Waals surface area contributed by atoms with Gasteiger partial charge in [-0.1, -0.05) is 36.4 Å². The number of aryl methyl sites for hydroxylation is 2. The Hall–Kier alpha value is -2.55. The first kappa shape index (κ1) is 14.8. The number of aromatic nitrogens is 1. The van der Waals surface area contributed by atoms with E-state index in [2.05, 4.69) is 48.3 Å². The summed E-state index contributed by atoms with van der Waals surface area (Å²) in [6.45, 7) is 2.94. The first-order valence-electron chi connectivity index (χ1n) is 9.18. The van der Waals surface area contributed by atoms with Gasteiger partial charge in [0.25, 0.3) is 0 Å². The zero-order valence-electron chi connectivity index (χ0n) is 14.5. The molecule has 2 aliphatic rings. The van der Waals surface area contributed by atoms with E-state index in [-0.39, 0.29) is 11.3 Å². The third-order valence-corrected chi connectivity index (χ3v) is 5.89. The number of hydrogen-bond acceptors (Lipinski definition) is 1. The molecular formula is C22H22N2O. The molecule has 1 fully saturated rings. The van der Waals surface area contributed by atoms with Crippen LogP contribution in [0, 0.1) is 6.92 Å². The molecule has 2 heterocycles. The van der Waals surface area contributed by atoms with Gasteiger partial charge < -0.3 is 9.88 Å². The Kier molecular flexibility index (Phi) is 3.08. The zero-order chi connectivity index (χ0) is 17.0. The van der Waals surface area contributed by atoms with Gasteiger partial charge in [0, 0.05) is 28.8 Å². The number of carbonyl (C=O) groups excluding carboxylic acids is 1. The number of anilines is 1. The summed E-state index contributed by atoms with van der Waals surface area (Å²) in [7, 11) is 0. The van der Waals surface area contributed by atoms with Crippen LogP contribution in [0.15, 0.2) is 48.5 Å². The number of para-hydroxylation sites is 2. The van der Waals surface area contributed by atoms with E-state index in [1.807, 2.05) is 17.0 Å². The van der Waals surface area contributed by atoms with Crippen molar-refractivity contribution in [2.45, 2.75) is 38.0 Å². The number of nitrogens with zero attached hydrogens (tertiary/aromatic N) is 1. The van der Waals surface area contributed by atoms with Gasteiger partial charge in [-0.25, -0.2) is 0 Å². The number of nitrogens with one attached hydrogen (secondary N) is 1. The number of benzene rings is 2. The summed E-state index contributed by atoms with van der Waals surface area (Å²) in [6, 6.07) is 16.7. The van der Waals surface area contributed by atoms with Crippen molar-refractivity contribution >= 4 is 22.5 Å². The van der Waals surface area contributed by atoms with Gasteiger partial charge in [-0.3, -0.25) is 4.79 Å². The fourth-order valence-corrected chi connectivity index (χ4v) is 4.59. The lowest BCUT2D eigenvalue weighted by Crippen LogP contribution is -2.42. The van der Waals surface area contributed by atoms with E-state index in [1.54, 1.807) is 0 Å². The number of H-pyrrole nitrogens is 1. The van der Waals surface area contributed by atoms with E-state index in [0.29, 0.717) is 0 Å². The highest BCUT2D eigenvalue weighted by Crippen LogP contribution is 2.53. The highest BCUT2D eigenvalue weighted by Gasteiger charge is 2.55. The van der Waals surface area contributed by atoms with Gasteiger partial charge in [-0.05, 0) is 55.9 Å². The highest BCUT2D eigenvalue weighted by atomic mass is 16.2. The lowest BCUT2D eigenvalue weighted by atomic mass is 9.90. The van der Waals surface area contributed by atoms with Crippen molar-refractivity contribution in [1.82, 2.24) is 4.98 Å². The van der Waals surface area contributed by atoms with Gasteiger partial charge >= 0.3 is 0 Å². The van der Waals surface area contributed by atoms with Crippen LogP contribution in [-0.4, -0.2) is 17.4 Å². The number of amides is 1. The van der Waals surface area contributed by atoms with Gasteiger partial charge in [-0.2, -0.15) is 0 Å². The third-order valence-electron chi connectivity index (χ3n) is 5.89. The molecule has 3 heteroatoms. The molecule has 3 aromatic rings. The zero-order valence-corrected chi connectivity index (χ0v) is 14.5. The van der Waals surface area contributed by atoms with Crippen molar-refractivity contribution in [2.75, 3.05) is 11.4 Å². The van der Waals surface area contributed by atoms with Crippen molar-refractivity contribution < 1.29 is 4.79 Å². The SMILES string of the molecule is Cc1[nH]c2ccccc2c1C1(C(=O)N2CCCc3ccccc32)CC1. The minimum atomic E-state index is -0.339. The molecule has 126 valence electrons.